The van der Waals surface area contributed by atoms with Gasteiger partial charge in [-0.15, -0.1) is 0 Å². The molecule has 1 aliphatic heterocycles. The summed E-state index contributed by atoms with van der Waals surface area (Å²) < 4.78 is 36.9. The van der Waals surface area contributed by atoms with E-state index in [-0.39, 0.29) is 22.1 Å². The first-order chi connectivity index (χ1) is 9.31. The Morgan fingerprint density at radius 3 is 2.70 bits per heavy atom. The first kappa shape index (κ1) is 16.0. The Bertz CT molecular complexity index is 607. The summed E-state index contributed by atoms with van der Waals surface area (Å²) >= 11 is 11.7. The Kier molecular flexibility index (Phi) is 4.95. The molecule has 20 heavy (non-hydrogen) atoms. The van der Waals surface area contributed by atoms with Gasteiger partial charge < -0.3 is 5.32 Å². The zero-order valence-electron chi connectivity index (χ0n) is 11.0. The molecule has 0 aliphatic carbocycles. The van der Waals surface area contributed by atoms with Crippen molar-refractivity contribution < 1.29 is 12.8 Å². The fraction of sp³-hybridized carbons (Fsp3) is 0.538. The molecule has 0 amide bonds. The van der Waals surface area contributed by atoms with Crippen molar-refractivity contribution >= 4 is 33.0 Å². The van der Waals surface area contributed by atoms with Crippen LogP contribution in [0.5, 0.6) is 0 Å². The van der Waals surface area contributed by atoms with Crippen LogP contribution in [0.1, 0.15) is 31.4 Å². The molecule has 2 unspecified atom stereocenters. The monoisotopic (exact) mass is 339 g/mol. The standard InChI is InChI=1S/C13H16Cl2FNO2S/c1-8(10-5-13(16)12(15)6-11(10)14)17-7-9-3-2-4-20(9,18)19/h5-6,8-9,17H,2-4,7H2,1H3. The third-order valence-corrected chi connectivity index (χ3v) is 6.51. The SMILES string of the molecule is CC(NCC1CCCS1(=O)=O)c1cc(F)c(Cl)cc1Cl. The molecule has 1 N–H and O–H groups in total. The molecule has 0 radical (unpaired) electrons. The fourth-order valence-electron chi connectivity index (χ4n) is 2.38. The van der Waals surface area contributed by atoms with E-state index in [0.717, 1.165) is 0 Å². The highest BCUT2D eigenvalue weighted by atomic mass is 35.5. The Hall–Kier alpha value is -0.360. The summed E-state index contributed by atoms with van der Waals surface area (Å²) in [6.45, 7) is 2.17. The highest BCUT2D eigenvalue weighted by molar-refractivity contribution is 7.92. The first-order valence-corrected chi connectivity index (χ1v) is 8.88. The zero-order valence-corrected chi connectivity index (χ0v) is 13.3. The number of hydrogen-bond acceptors (Lipinski definition) is 3. The minimum atomic E-state index is -2.98. The maximum atomic E-state index is 13.5. The summed E-state index contributed by atoms with van der Waals surface area (Å²) in [5, 5.41) is 3.09. The molecule has 0 saturated carbocycles. The predicted molar refractivity (Wildman–Crippen MR) is 79.6 cm³/mol. The molecule has 3 nitrogen and oxygen atoms in total. The van der Waals surface area contributed by atoms with Crippen molar-refractivity contribution in [2.24, 2.45) is 0 Å². The third kappa shape index (κ3) is 3.45. The minimum absolute atomic E-state index is 0.0238. The molecule has 7 heteroatoms. The van der Waals surface area contributed by atoms with E-state index in [0.29, 0.717) is 30.0 Å². The number of hydrogen-bond donors (Lipinski definition) is 1. The van der Waals surface area contributed by atoms with E-state index in [1.165, 1.54) is 12.1 Å². The highest BCUT2D eigenvalue weighted by Crippen LogP contribution is 2.29. The lowest BCUT2D eigenvalue weighted by Gasteiger charge is -2.18. The lowest BCUT2D eigenvalue weighted by molar-refractivity contribution is 0.535. The predicted octanol–water partition coefficient (Wildman–Crippen LogP) is 3.36. The number of benzene rings is 1. The molecule has 2 atom stereocenters. The van der Waals surface area contributed by atoms with Crippen molar-refractivity contribution in [1.29, 1.82) is 0 Å². The Morgan fingerprint density at radius 2 is 2.10 bits per heavy atom. The van der Waals surface area contributed by atoms with Gasteiger partial charge in [-0.2, -0.15) is 0 Å². The van der Waals surface area contributed by atoms with Gasteiger partial charge in [0.1, 0.15) is 5.82 Å². The van der Waals surface area contributed by atoms with Crippen LogP contribution in [0.4, 0.5) is 4.39 Å². The van der Waals surface area contributed by atoms with E-state index in [1.54, 1.807) is 0 Å². The lowest BCUT2D eigenvalue weighted by atomic mass is 10.1. The van der Waals surface area contributed by atoms with Crippen LogP contribution in [0.2, 0.25) is 10.0 Å². The Labute approximate surface area is 128 Å². The van der Waals surface area contributed by atoms with E-state index < -0.39 is 15.7 Å². The second kappa shape index (κ2) is 6.18. The van der Waals surface area contributed by atoms with Gasteiger partial charge in [0, 0.05) is 17.6 Å². The van der Waals surface area contributed by atoms with Gasteiger partial charge in [0.2, 0.25) is 0 Å². The van der Waals surface area contributed by atoms with Gasteiger partial charge in [-0.05, 0) is 37.5 Å². The normalized spacial score (nSPS) is 22.9. The zero-order chi connectivity index (χ0) is 14.9. The van der Waals surface area contributed by atoms with Crippen LogP contribution in [-0.4, -0.2) is 26.0 Å². The molecule has 2 rings (SSSR count). The largest absolute Gasteiger partial charge is 0.309 e. The van der Waals surface area contributed by atoms with E-state index in [9.17, 15) is 12.8 Å². The van der Waals surface area contributed by atoms with Crippen LogP contribution in [0.3, 0.4) is 0 Å². The quantitative estimate of drug-likeness (QED) is 0.855. The van der Waals surface area contributed by atoms with Crippen LogP contribution in [0.25, 0.3) is 0 Å². The van der Waals surface area contributed by atoms with Gasteiger partial charge in [-0.25, -0.2) is 12.8 Å². The summed E-state index contributed by atoms with van der Waals surface area (Å²) in [5.74, 6) is -0.280. The molecule has 1 aromatic carbocycles. The minimum Gasteiger partial charge on any atom is -0.309 e. The van der Waals surface area contributed by atoms with Gasteiger partial charge in [-0.1, -0.05) is 23.2 Å². The van der Waals surface area contributed by atoms with Crippen LogP contribution < -0.4 is 5.32 Å². The smallest absolute Gasteiger partial charge is 0.154 e. The van der Waals surface area contributed by atoms with Gasteiger partial charge >= 0.3 is 0 Å². The van der Waals surface area contributed by atoms with Crippen molar-refractivity contribution in [3.8, 4) is 0 Å². The van der Waals surface area contributed by atoms with Crippen molar-refractivity contribution in [3.05, 3.63) is 33.6 Å². The van der Waals surface area contributed by atoms with Crippen LogP contribution in [-0.2, 0) is 9.84 Å². The highest BCUT2D eigenvalue weighted by Gasteiger charge is 2.31. The van der Waals surface area contributed by atoms with Crippen molar-refractivity contribution in [1.82, 2.24) is 5.32 Å². The number of nitrogens with one attached hydrogen (secondary N) is 1. The number of sulfone groups is 1. The lowest BCUT2D eigenvalue weighted by Crippen LogP contribution is -2.32. The van der Waals surface area contributed by atoms with Crippen LogP contribution >= 0.6 is 23.2 Å². The molecule has 0 spiro atoms. The maximum Gasteiger partial charge on any atom is 0.154 e. The molecule has 1 aliphatic rings. The summed E-state index contributed by atoms with van der Waals surface area (Å²) in [6, 6.07) is 2.40. The van der Waals surface area contributed by atoms with Gasteiger partial charge in [-0.3, -0.25) is 0 Å². The molecule has 1 aromatic rings. The van der Waals surface area contributed by atoms with E-state index in [4.69, 9.17) is 23.2 Å². The second-order valence-corrected chi connectivity index (χ2v) is 8.26. The summed E-state index contributed by atoms with van der Waals surface area (Å²) in [6.07, 6.45) is 1.38. The maximum absolute atomic E-state index is 13.5. The van der Waals surface area contributed by atoms with Crippen molar-refractivity contribution in [2.45, 2.75) is 31.1 Å². The molecule has 0 aromatic heterocycles. The molecule has 1 heterocycles. The van der Waals surface area contributed by atoms with Crippen LogP contribution in [0, 0.1) is 5.82 Å². The van der Waals surface area contributed by atoms with Gasteiger partial charge in [0.15, 0.2) is 9.84 Å². The molecule has 1 saturated heterocycles. The Morgan fingerprint density at radius 1 is 1.40 bits per heavy atom. The second-order valence-electron chi connectivity index (χ2n) is 5.05. The molecule has 112 valence electrons. The van der Waals surface area contributed by atoms with Gasteiger partial charge in [0.05, 0.1) is 16.0 Å². The average Bonchev–Trinajstić information content (AvgIpc) is 2.70. The fourth-order valence-corrected chi connectivity index (χ4v) is 4.70. The Balaban J connectivity index is 2.06. The van der Waals surface area contributed by atoms with E-state index in [2.05, 4.69) is 5.32 Å². The number of halogens is 3. The van der Waals surface area contributed by atoms with Crippen molar-refractivity contribution in [3.63, 3.8) is 0 Å². The summed E-state index contributed by atoms with van der Waals surface area (Å²) in [4.78, 5) is 0. The van der Waals surface area contributed by atoms with E-state index in [1.807, 2.05) is 6.92 Å². The summed E-state index contributed by atoms with van der Waals surface area (Å²) in [5.41, 5.74) is 0.573. The van der Waals surface area contributed by atoms with Crippen molar-refractivity contribution in [2.75, 3.05) is 12.3 Å². The van der Waals surface area contributed by atoms with Crippen LogP contribution in [0.15, 0.2) is 12.1 Å². The van der Waals surface area contributed by atoms with E-state index >= 15 is 0 Å². The molecular weight excluding hydrogens is 324 g/mol. The van der Waals surface area contributed by atoms with Gasteiger partial charge in [0.25, 0.3) is 0 Å². The number of rotatable bonds is 4. The molecule has 1 fully saturated rings. The summed E-state index contributed by atoms with van der Waals surface area (Å²) in [7, 11) is -2.98. The molecular formula is C13H16Cl2FNO2S. The topological polar surface area (TPSA) is 46.2 Å². The average molecular weight is 340 g/mol. The first-order valence-electron chi connectivity index (χ1n) is 6.40. The third-order valence-electron chi connectivity index (χ3n) is 3.62. The molecule has 0 bridgehead atoms.